The van der Waals surface area contributed by atoms with E-state index in [2.05, 4.69) is 21.3 Å². The van der Waals surface area contributed by atoms with E-state index in [9.17, 15) is 33.6 Å². The minimum absolute atomic E-state index is 0.0785. The highest BCUT2D eigenvalue weighted by molar-refractivity contribution is 5.91. The van der Waals surface area contributed by atoms with E-state index in [4.69, 9.17) is 27.4 Å². The third-order valence-electron chi connectivity index (χ3n) is 5.08. The maximum absolute atomic E-state index is 12.5. The van der Waals surface area contributed by atoms with Crippen LogP contribution in [0.25, 0.3) is 0 Å². The Kier molecular flexibility index (Phi) is 15.1. The highest BCUT2D eigenvalue weighted by atomic mass is 16.4. The molecule has 0 bridgehead atoms. The number of nitrogens with one attached hydrogen (secondary N) is 4. The first-order chi connectivity index (χ1) is 17.1. The molecule has 0 aliphatic heterocycles. The van der Waals surface area contributed by atoms with Gasteiger partial charge < -0.3 is 48.7 Å². The number of carboxylic acid groups (broad SMARTS) is 2. The van der Waals surface area contributed by atoms with Crippen LogP contribution in [-0.2, 0) is 33.6 Å². The summed E-state index contributed by atoms with van der Waals surface area (Å²) in [7, 11) is 0. The van der Waals surface area contributed by atoms with E-state index in [1.54, 1.807) is 0 Å². The van der Waals surface area contributed by atoms with Gasteiger partial charge in [-0.3, -0.25) is 33.6 Å². The smallest absolute Gasteiger partial charge is 0.325 e. The minimum Gasteiger partial charge on any atom is -0.480 e. The number of carbonyl (C=O) groups excluding carboxylic acids is 5. The predicted molar refractivity (Wildman–Crippen MR) is 128 cm³/mol. The number of hydrogen-bond acceptors (Lipinski definition) is 9. The van der Waals surface area contributed by atoms with Gasteiger partial charge in [0.2, 0.25) is 29.5 Å². The number of nitrogens with two attached hydrogens (primary N) is 3. The van der Waals surface area contributed by atoms with Gasteiger partial charge >= 0.3 is 11.9 Å². The van der Waals surface area contributed by atoms with Crippen LogP contribution >= 0.6 is 0 Å². The molecule has 5 atom stereocenters. The van der Waals surface area contributed by atoms with E-state index in [1.807, 2.05) is 0 Å². The topological polar surface area (TPSA) is 286 Å². The predicted octanol–water partition coefficient (Wildman–Crippen LogP) is -3.75. The summed E-state index contributed by atoms with van der Waals surface area (Å²) >= 11 is 0. The van der Waals surface area contributed by atoms with Crippen molar-refractivity contribution in [1.29, 1.82) is 0 Å². The quantitative estimate of drug-likeness (QED) is 0.0774. The Hall–Kier alpha value is -3.79. The molecule has 0 aliphatic carbocycles. The van der Waals surface area contributed by atoms with Crippen molar-refractivity contribution in [2.75, 3.05) is 6.54 Å². The largest absolute Gasteiger partial charge is 0.480 e. The fourth-order valence-electron chi connectivity index (χ4n) is 2.84. The van der Waals surface area contributed by atoms with Crippen LogP contribution in [0.15, 0.2) is 0 Å². The molecule has 0 spiro atoms. The molecule has 16 heteroatoms. The van der Waals surface area contributed by atoms with E-state index in [0.717, 1.165) is 0 Å². The normalized spacial score (nSPS) is 14.7. The van der Waals surface area contributed by atoms with Crippen LogP contribution in [0.4, 0.5) is 0 Å². The summed E-state index contributed by atoms with van der Waals surface area (Å²) < 4.78 is 0. The highest BCUT2D eigenvalue weighted by Gasteiger charge is 2.26. The van der Waals surface area contributed by atoms with Crippen molar-refractivity contribution in [2.24, 2.45) is 17.2 Å². The zero-order valence-corrected chi connectivity index (χ0v) is 20.8. The van der Waals surface area contributed by atoms with Crippen molar-refractivity contribution in [2.45, 2.75) is 82.6 Å². The number of carboxylic acids is 2. The Morgan fingerprint density at radius 2 is 1.38 bits per heavy atom. The Morgan fingerprint density at radius 1 is 0.757 bits per heavy atom. The van der Waals surface area contributed by atoms with Crippen LogP contribution in [0.3, 0.4) is 0 Å². The second kappa shape index (κ2) is 16.8. The Labute approximate surface area is 213 Å². The van der Waals surface area contributed by atoms with Gasteiger partial charge in [-0.15, -0.1) is 0 Å². The Balaban J connectivity index is 4.95. The molecule has 12 N–H and O–H groups in total. The third kappa shape index (κ3) is 14.4. The van der Waals surface area contributed by atoms with Crippen LogP contribution in [0, 0.1) is 0 Å². The number of primary amides is 1. The van der Waals surface area contributed by atoms with Crippen LogP contribution in [-0.4, -0.2) is 88.4 Å². The lowest BCUT2D eigenvalue weighted by Crippen LogP contribution is -2.52. The second-order valence-electron chi connectivity index (χ2n) is 8.47. The summed E-state index contributed by atoms with van der Waals surface area (Å²) in [6.45, 7) is 2.80. The second-order valence-corrected chi connectivity index (χ2v) is 8.47. The van der Waals surface area contributed by atoms with Crippen LogP contribution in [0.2, 0.25) is 0 Å². The average molecular weight is 532 g/mol. The molecule has 16 nitrogen and oxygen atoms in total. The molecule has 0 rings (SSSR count). The highest BCUT2D eigenvalue weighted by Crippen LogP contribution is 2.05. The van der Waals surface area contributed by atoms with Crippen molar-refractivity contribution < 1.29 is 43.8 Å². The summed E-state index contributed by atoms with van der Waals surface area (Å²) in [5.74, 6) is -6.08. The number of amides is 5. The molecule has 0 radical (unpaired) electrons. The zero-order chi connectivity index (χ0) is 28.7. The fourth-order valence-corrected chi connectivity index (χ4v) is 2.84. The SMILES string of the molecule is CC(N)C(=O)NC(CCC(=O)NC(CCCCNC(=O)CC(N)C(=O)O)C(=O)NC(C)C(=O)O)C(N)=O. The zero-order valence-electron chi connectivity index (χ0n) is 20.8. The van der Waals surface area contributed by atoms with E-state index >= 15 is 0 Å². The Bertz CT molecular complexity index is 850. The van der Waals surface area contributed by atoms with Crippen LogP contribution < -0.4 is 38.5 Å². The number of carbonyl (C=O) groups is 7. The van der Waals surface area contributed by atoms with Gasteiger partial charge in [0.1, 0.15) is 24.2 Å². The summed E-state index contributed by atoms with van der Waals surface area (Å²) in [5.41, 5.74) is 16.0. The molecule has 0 aromatic rings. The van der Waals surface area contributed by atoms with E-state index < -0.39 is 78.1 Å². The summed E-state index contributed by atoms with van der Waals surface area (Å²) in [5, 5.41) is 27.3. The summed E-state index contributed by atoms with van der Waals surface area (Å²) in [6.07, 6.45) is -0.0980. The molecule has 5 amide bonds. The van der Waals surface area contributed by atoms with Gasteiger partial charge in [0.05, 0.1) is 12.5 Å². The van der Waals surface area contributed by atoms with Crippen molar-refractivity contribution in [3.63, 3.8) is 0 Å². The van der Waals surface area contributed by atoms with Gasteiger partial charge in [0, 0.05) is 13.0 Å². The maximum atomic E-state index is 12.5. The van der Waals surface area contributed by atoms with Crippen molar-refractivity contribution in [3.8, 4) is 0 Å². The molecule has 0 aliphatic rings. The van der Waals surface area contributed by atoms with Crippen molar-refractivity contribution in [1.82, 2.24) is 21.3 Å². The first-order valence-electron chi connectivity index (χ1n) is 11.6. The fraction of sp³-hybridized carbons (Fsp3) is 0.667. The number of unbranched alkanes of at least 4 members (excludes halogenated alkanes) is 1. The number of hydrogen-bond donors (Lipinski definition) is 9. The number of rotatable bonds is 18. The number of aliphatic carboxylic acids is 2. The molecule has 5 unspecified atom stereocenters. The van der Waals surface area contributed by atoms with Crippen molar-refractivity contribution >= 4 is 41.5 Å². The van der Waals surface area contributed by atoms with Gasteiger partial charge in [0.15, 0.2) is 0 Å². The lowest BCUT2D eigenvalue weighted by atomic mass is 10.1. The van der Waals surface area contributed by atoms with Crippen LogP contribution in [0.5, 0.6) is 0 Å². The monoisotopic (exact) mass is 531 g/mol. The van der Waals surface area contributed by atoms with Gasteiger partial charge in [-0.25, -0.2) is 0 Å². The minimum atomic E-state index is -1.33. The van der Waals surface area contributed by atoms with Gasteiger partial charge in [-0.05, 0) is 39.5 Å². The molecule has 0 saturated carbocycles. The van der Waals surface area contributed by atoms with Gasteiger partial charge in [0.25, 0.3) is 0 Å². The van der Waals surface area contributed by atoms with Gasteiger partial charge in [-0.2, -0.15) is 0 Å². The van der Waals surface area contributed by atoms with E-state index in [-0.39, 0.29) is 25.8 Å². The molecule has 210 valence electrons. The molecule has 0 saturated heterocycles. The molecule has 0 heterocycles. The average Bonchev–Trinajstić information content (AvgIpc) is 2.79. The molecule has 37 heavy (non-hydrogen) atoms. The van der Waals surface area contributed by atoms with Crippen molar-refractivity contribution in [3.05, 3.63) is 0 Å². The lowest BCUT2D eigenvalue weighted by molar-refractivity contribution is -0.141. The molecule has 0 fully saturated rings. The van der Waals surface area contributed by atoms with E-state index in [0.29, 0.717) is 12.8 Å². The first kappa shape index (κ1) is 33.2. The molecule has 0 aromatic carbocycles. The summed E-state index contributed by atoms with van der Waals surface area (Å²) in [6, 6.07) is -5.76. The molecular formula is C21H37N7O9. The first-order valence-corrected chi connectivity index (χ1v) is 11.6. The van der Waals surface area contributed by atoms with Gasteiger partial charge in [-0.1, -0.05) is 0 Å². The molecular weight excluding hydrogens is 494 g/mol. The summed E-state index contributed by atoms with van der Waals surface area (Å²) in [4.78, 5) is 81.7. The lowest BCUT2D eigenvalue weighted by Gasteiger charge is -2.21. The molecule has 0 aromatic heterocycles. The standard InChI is InChI=1S/C21H37N7O9/c1-10(22)18(32)28-13(17(24)31)6-7-15(29)27-14(19(33)26-11(2)20(34)35)5-3-4-8-25-16(30)9-12(23)21(36)37/h10-14H,3-9,22-23H2,1-2H3,(H2,24,31)(H,25,30)(H,26,33)(H,27,29)(H,28,32)(H,34,35)(H,36,37). The van der Waals surface area contributed by atoms with E-state index in [1.165, 1.54) is 13.8 Å². The third-order valence-corrected chi connectivity index (χ3v) is 5.08. The maximum Gasteiger partial charge on any atom is 0.325 e. The Morgan fingerprint density at radius 3 is 1.89 bits per heavy atom. The van der Waals surface area contributed by atoms with Crippen LogP contribution in [0.1, 0.15) is 52.4 Å².